The number of ether oxygens (including phenoxy) is 2. The molecule has 112 valence electrons. The van der Waals surface area contributed by atoms with Gasteiger partial charge in [0.25, 0.3) is 0 Å². The maximum absolute atomic E-state index is 5.54. The van der Waals surface area contributed by atoms with Gasteiger partial charge in [-0.15, -0.1) is 0 Å². The van der Waals surface area contributed by atoms with Gasteiger partial charge in [-0.25, -0.2) is 0 Å². The monoisotopic (exact) mass is 397 g/mol. The average molecular weight is 397 g/mol. The first-order chi connectivity index (χ1) is 10.2. The Morgan fingerprint density at radius 2 is 1.67 bits per heavy atom. The molecule has 21 heavy (non-hydrogen) atoms. The first-order valence-electron chi connectivity index (χ1n) is 6.91. The molecule has 0 bridgehead atoms. The molecule has 4 heteroatoms. The molecule has 0 aliphatic carbocycles. The van der Waals surface area contributed by atoms with Crippen molar-refractivity contribution in [1.29, 1.82) is 0 Å². The highest BCUT2D eigenvalue weighted by Gasteiger charge is 2.22. The van der Waals surface area contributed by atoms with E-state index in [4.69, 9.17) is 9.47 Å². The van der Waals surface area contributed by atoms with Crippen LogP contribution in [0.5, 0.6) is 11.5 Å². The number of methoxy groups -OCH3 is 2. The third-order valence-electron chi connectivity index (χ3n) is 3.34. The van der Waals surface area contributed by atoms with Gasteiger partial charge in [-0.3, -0.25) is 0 Å². The van der Waals surface area contributed by atoms with E-state index in [2.05, 4.69) is 59.1 Å². The lowest BCUT2D eigenvalue weighted by Gasteiger charge is -2.23. The summed E-state index contributed by atoms with van der Waals surface area (Å²) in [6.45, 7) is 2.96. The van der Waals surface area contributed by atoms with Crippen molar-refractivity contribution in [3.8, 4) is 11.5 Å². The molecule has 0 fully saturated rings. The average Bonchev–Trinajstić information content (AvgIpc) is 2.52. The largest absolute Gasteiger partial charge is 0.496 e. The summed E-state index contributed by atoms with van der Waals surface area (Å²) in [4.78, 5) is 0. The maximum atomic E-state index is 5.54. The lowest BCUT2D eigenvalue weighted by molar-refractivity contribution is 0.377. The fraction of sp³-hybridized carbons (Fsp3) is 0.294. The highest BCUT2D eigenvalue weighted by Crippen LogP contribution is 2.37. The SMILES string of the molecule is CCNC(c1cccc(I)c1)c1c(OC)cccc1OC. The molecular weight excluding hydrogens is 377 g/mol. The van der Waals surface area contributed by atoms with Crippen molar-refractivity contribution in [2.75, 3.05) is 20.8 Å². The third kappa shape index (κ3) is 3.68. The first-order valence-corrected chi connectivity index (χ1v) is 7.98. The van der Waals surface area contributed by atoms with Crippen molar-refractivity contribution in [1.82, 2.24) is 5.32 Å². The number of benzene rings is 2. The molecule has 0 aliphatic heterocycles. The zero-order valence-electron chi connectivity index (χ0n) is 12.5. The van der Waals surface area contributed by atoms with Gasteiger partial charge in [0, 0.05) is 3.57 Å². The van der Waals surface area contributed by atoms with Crippen LogP contribution in [0.25, 0.3) is 0 Å². The smallest absolute Gasteiger partial charge is 0.127 e. The topological polar surface area (TPSA) is 30.5 Å². The summed E-state index contributed by atoms with van der Waals surface area (Å²) >= 11 is 2.33. The molecule has 0 saturated carbocycles. The van der Waals surface area contributed by atoms with Crippen LogP contribution in [0.2, 0.25) is 0 Å². The Hall–Kier alpha value is -1.27. The molecule has 1 atom stereocenters. The summed E-state index contributed by atoms with van der Waals surface area (Å²) in [5.41, 5.74) is 2.23. The van der Waals surface area contributed by atoms with Gasteiger partial charge in [-0.2, -0.15) is 0 Å². The number of halogens is 1. The Morgan fingerprint density at radius 3 is 2.19 bits per heavy atom. The summed E-state index contributed by atoms with van der Waals surface area (Å²) in [5.74, 6) is 1.67. The van der Waals surface area contributed by atoms with Crippen LogP contribution in [-0.4, -0.2) is 20.8 Å². The Morgan fingerprint density at radius 1 is 1.05 bits per heavy atom. The minimum absolute atomic E-state index is 0.0378. The second-order valence-electron chi connectivity index (χ2n) is 4.62. The molecule has 3 nitrogen and oxygen atoms in total. The second kappa shape index (κ2) is 7.66. The molecule has 2 aromatic carbocycles. The van der Waals surface area contributed by atoms with Gasteiger partial charge >= 0.3 is 0 Å². The van der Waals surface area contributed by atoms with E-state index in [1.165, 1.54) is 9.13 Å². The van der Waals surface area contributed by atoms with Crippen molar-refractivity contribution in [2.45, 2.75) is 13.0 Å². The quantitative estimate of drug-likeness (QED) is 0.748. The number of nitrogens with one attached hydrogen (secondary N) is 1. The molecule has 2 aromatic rings. The van der Waals surface area contributed by atoms with Gasteiger partial charge in [-0.1, -0.05) is 25.1 Å². The van der Waals surface area contributed by atoms with E-state index in [0.717, 1.165) is 23.6 Å². The highest BCUT2D eigenvalue weighted by molar-refractivity contribution is 14.1. The molecule has 0 spiro atoms. The molecule has 0 saturated heterocycles. The molecule has 0 aliphatic rings. The molecule has 0 heterocycles. The lowest BCUT2D eigenvalue weighted by atomic mass is 9.96. The molecule has 2 rings (SSSR count). The zero-order chi connectivity index (χ0) is 15.2. The summed E-state index contributed by atoms with van der Waals surface area (Å²) in [5, 5.41) is 3.53. The normalized spacial score (nSPS) is 12.0. The van der Waals surface area contributed by atoms with Crippen LogP contribution in [0.1, 0.15) is 24.1 Å². The van der Waals surface area contributed by atoms with Crippen LogP contribution in [0.15, 0.2) is 42.5 Å². The van der Waals surface area contributed by atoms with Crippen LogP contribution < -0.4 is 14.8 Å². The van der Waals surface area contributed by atoms with Crippen molar-refractivity contribution in [2.24, 2.45) is 0 Å². The minimum Gasteiger partial charge on any atom is -0.496 e. The highest BCUT2D eigenvalue weighted by atomic mass is 127. The Labute approximate surface area is 139 Å². The molecule has 1 N–H and O–H groups in total. The van der Waals surface area contributed by atoms with E-state index in [9.17, 15) is 0 Å². The van der Waals surface area contributed by atoms with Gasteiger partial charge in [0.1, 0.15) is 11.5 Å². The standard InChI is InChI=1S/C17H20INO2/c1-4-19-17(12-7-5-8-13(18)11-12)16-14(20-2)9-6-10-15(16)21-3/h5-11,17,19H,4H2,1-3H3. The number of hydrogen-bond acceptors (Lipinski definition) is 3. The van der Waals surface area contributed by atoms with E-state index in [-0.39, 0.29) is 6.04 Å². The summed E-state index contributed by atoms with van der Waals surface area (Å²) in [6.07, 6.45) is 0. The zero-order valence-corrected chi connectivity index (χ0v) is 14.7. The Kier molecular flexibility index (Phi) is 5.87. The van der Waals surface area contributed by atoms with Crippen molar-refractivity contribution < 1.29 is 9.47 Å². The maximum Gasteiger partial charge on any atom is 0.127 e. The van der Waals surface area contributed by atoms with Crippen LogP contribution in [0.4, 0.5) is 0 Å². The van der Waals surface area contributed by atoms with Gasteiger partial charge in [0.2, 0.25) is 0 Å². The fourth-order valence-electron chi connectivity index (χ4n) is 2.44. The van der Waals surface area contributed by atoms with E-state index < -0.39 is 0 Å². The Balaban J connectivity index is 2.57. The van der Waals surface area contributed by atoms with Crippen molar-refractivity contribution >= 4 is 22.6 Å². The lowest BCUT2D eigenvalue weighted by Crippen LogP contribution is -2.23. The minimum atomic E-state index is 0.0378. The van der Waals surface area contributed by atoms with Crippen molar-refractivity contribution in [3.63, 3.8) is 0 Å². The Bertz CT molecular complexity index is 579. The summed E-state index contributed by atoms with van der Waals surface area (Å²) in [6, 6.07) is 14.4. The van der Waals surface area contributed by atoms with Crippen LogP contribution in [-0.2, 0) is 0 Å². The molecule has 1 unspecified atom stereocenters. The van der Waals surface area contributed by atoms with E-state index >= 15 is 0 Å². The van der Waals surface area contributed by atoms with Gasteiger partial charge in [0.05, 0.1) is 25.8 Å². The second-order valence-corrected chi connectivity index (χ2v) is 5.87. The first kappa shape index (κ1) is 16.1. The van der Waals surface area contributed by atoms with Gasteiger partial charge < -0.3 is 14.8 Å². The summed E-state index contributed by atoms with van der Waals surface area (Å²) < 4.78 is 12.3. The molecule has 0 aromatic heterocycles. The molecule has 0 radical (unpaired) electrons. The number of rotatable bonds is 6. The predicted molar refractivity (Wildman–Crippen MR) is 94.2 cm³/mol. The van der Waals surface area contributed by atoms with Crippen molar-refractivity contribution in [3.05, 3.63) is 57.2 Å². The third-order valence-corrected chi connectivity index (χ3v) is 4.02. The van der Waals surface area contributed by atoms with Gasteiger partial charge in [-0.05, 0) is 59.0 Å². The predicted octanol–water partition coefficient (Wildman–Crippen LogP) is 4.01. The van der Waals surface area contributed by atoms with E-state index in [0.29, 0.717) is 0 Å². The summed E-state index contributed by atoms with van der Waals surface area (Å²) in [7, 11) is 3.38. The fourth-order valence-corrected chi connectivity index (χ4v) is 3.01. The van der Waals surface area contributed by atoms with E-state index in [1.807, 2.05) is 18.2 Å². The molecular formula is C17H20INO2. The molecule has 0 amide bonds. The van der Waals surface area contributed by atoms with Crippen LogP contribution >= 0.6 is 22.6 Å². The van der Waals surface area contributed by atoms with Crippen LogP contribution in [0.3, 0.4) is 0 Å². The van der Waals surface area contributed by atoms with Crippen LogP contribution in [0, 0.1) is 3.57 Å². The number of hydrogen-bond donors (Lipinski definition) is 1. The van der Waals surface area contributed by atoms with E-state index in [1.54, 1.807) is 14.2 Å². The van der Waals surface area contributed by atoms with Gasteiger partial charge in [0.15, 0.2) is 0 Å².